The van der Waals surface area contributed by atoms with Crippen molar-refractivity contribution in [3.05, 3.63) is 47.8 Å². The number of primary amides is 1. The first kappa shape index (κ1) is 26.8. The van der Waals surface area contributed by atoms with Crippen LogP contribution in [0.15, 0.2) is 36.4 Å². The monoisotopic (exact) mass is 511 g/mol. The zero-order valence-corrected chi connectivity index (χ0v) is 21.6. The fourth-order valence-corrected chi connectivity index (χ4v) is 5.98. The molecule has 1 aliphatic carbocycles. The second-order valence-electron chi connectivity index (χ2n) is 10.4. The third-order valence-electron chi connectivity index (χ3n) is 8.17. The van der Waals surface area contributed by atoms with Crippen LogP contribution in [0.25, 0.3) is 0 Å². The van der Waals surface area contributed by atoms with Crippen molar-refractivity contribution in [2.45, 2.75) is 63.5 Å². The summed E-state index contributed by atoms with van der Waals surface area (Å²) in [6, 6.07) is 9.10. The average molecular weight is 512 g/mol. The maximum absolute atomic E-state index is 14.3. The van der Waals surface area contributed by atoms with Gasteiger partial charge in [0.05, 0.1) is 17.6 Å². The van der Waals surface area contributed by atoms with Crippen LogP contribution in [-0.2, 0) is 9.59 Å². The van der Waals surface area contributed by atoms with E-state index in [2.05, 4.69) is 10.3 Å². The van der Waals surface area contributed by atoms with Crippen LogP contribution in [0.4, 0.5) is 21.7 Å². The van der Waals surface area contributed by atoms with Crippen molar-refractivity contribution < 1.29 is 14.0 Å². The van der Waals surface area contributed by atoms with Crippen molar-refractivity contribution in [2.75, 3.05) is 24.3 Å². The Hall–Kier alpha value is -3.24. The quantitative estimate of drug-likeness (QED) is 0.315. The Morgan fingerprint density at radius 2 is 1.81 bits per heavy atom. The van der Waals surface area contributed by atoms with Gasteiger partial charge in [-0.25, -0.2) is 15.2 Å². The molecule has 0 spiro atoms. The molecule has 1 unspecified atom stereocenters. The summed E-state index contributed by atoms with van der Waals surface area (Å²) in [6.07, 6.45) is 6.58. The SMILES string of the molecule is CNC(C)(C(N)=O)[C@@H](C(=O)N1CCC[C@H]1c1cc(N)nc(N(N)c2ccc(F)cc2)c1)C1CCCCC1. The summed E-state index contributed by atoms with van der Waals surface area (Å²) >= 11 is 0. The molecule has 7 N–H and O–H groups in total. The molecule has 2 aliphatic rings. The van der Waals surface area contributed by atoms with Gasteiger partial charge in [-0.1, -0.05) is 19.3 Å². The van der Waals surface area contributed by atoms with Crippen molar-refractivity contribution in [1.82, 2.24) is 15.2 Å². The Morgan fingerprint density at radius 3 is 2.43 bits per heavy atom. The highest BCUT2D eigenvalue weighted by Gasteiger charge is 2.50. The molecule has 200 valence electrons. The lowest BCUT2D eigenvalue weighted by molar-refractivity contribution is -0.147. The summed E-state index contributed by atoms with van der Waals surface area (Å²) in [5.74, 6) is 5.51. The third kappa shape index (κ3) is 5.40. The summed E-state index contributed by atoms with van der Waals surface area (Å²) in [7, 11) is 1.69. The van der Waals surface area contributed by atoms with Gasteiger partial charge in [0.25, 0.3) is 0 Å². The average Bonchev–Trinajstić information content (AvgIpc) is 3.39. The van der Waals surface area contributed by atoms with Crippen LogP contribution in [-0.4, -0.2) is 40.8 Å². The van der Waals surface area contributed by atoms with Crippen LogP contribution < -0.4 is 27.6 Å². The number of nitrogens with two attached hydrogens (primary N) is 3. The number of hydrogen-bond acceptors (Lipinski definition) is 7. The fraction of sp³-hybridized carbons (Fsp3) is 0.519. The number of amides is 2. The Balaban J connectivity index is 1.67. The van der Waals surface area contributed by atoms with Gasteiger partial charge in [-0.05, 0) is 87.5 Å². The maximum atomic E-state index is 14.3. The molecule has 1 saturated carbocycles. The zero-order valence-electron chi connectivity index (χ0n) is 21.6. The molecule has 37 heavy (non-hydrogen) atoms. The van der Waals surface area contributed by atoms with Crippen LogP contribution in [0, 0.1) is 17.7 Å². The third-order valence-corrected chi connectivity index (χ3v) is 8.17. The maximum Gasteiger partial charge on any atom is 0.238 e. The number of likely N-dealkylation sites (tertiary alicyclic amines) is 1. The van der Waals surface area contributed by atoms with Crippen molar-refractivity contribution in [3.63, 3.8) is 0 Å². The van der Waals surface area contributed by atoms with E-state index < -0.39 is 17.4 Å². The summed E-state index contributed by atoms with van der Waals surface area (Å²) < 4.78 is 13.4. The molecular weight excluding hydrogens is 473 g/mol. The van der Waals surface area contributed by atoms with Gasteiger partial charge < -0.3 is 21.7 Å². The number of nitrogens with one attached hydrogen (secondary N) is 1. The van der Waals surface area contributed by atoms with E-state index in [0.29, 0.717) is 18.1 Å². The van der Waals surface area contributed by atoms with Gasteiger partial charge in [-0.2, -0.15) is 0 Å². The van der Waals surface area contributed by atoms with Gasteiger partial charge in [-0.3, -0.25) is 14.6 Å². The number of nitrogen functional groups attached to an aromatic ring is 1. The van der Waals surface area contributed by atoms with Gasteiger partial charge in [0.15, 0.2) is 0 Å². The largest absolute Gasteiger partial charge is 0.384 e. The Labute approximate surface area is 217 Å². The van der Waals surface area contributed by atoms with Crippen molar-refractivity contribution in [2.24, 2.45) is 23.4 Å². The first-order chi connectivity index (χ1) is 17.7. The fourth-order valence-electron chi connectivity index (χ4n) is 5.98. The lowest BCUT2D eigenvalue weighted by Gasteiger charge is -2.43. The van der Waals surface area contributed by atoms with E-state index in [0.717, 1.165) is 50.5 Å². The van der Waals surface area contributed by atoms with E-state index in [-0.39, 0.29) is 29.5 Å². The molecule has 1 aliphatic heterocycles. The van der Waals surface area contributed by atoms with E-state index in [1.165, 1.54) is 17.1 Å². The van der Waals surface area contributed by atoms with E-state index in [4.69, 9.17) is 17.3 Å². The molecule has 2 heterocycles. The molecule has 4 rings (SSSR count). The number of aromatic nitrogens is 1. The van der Waals surface area contributed by atoms with Crippen molar-refractivity contribution in [1.29, 1.82) is 0 Å². The number of likely N-dealkylation sites (N-methyl/N-ethyl adjacent to an activating group) is 1. The topological polar surface area (TPSA) is 144 Å². The highest BCUT2D eigenvalue weighted by atomic mass is 19.1. The summed E-state index contributed by atoms with van der Waals surface area (Å²) in [4.78, 5) is 33.1. The standard InChI is InChI=1S/C27H38FN7O2/c1-27(32-2,26(30)37)24(17-7-4-3-5-8-17)25(36)34-14-6-9-21(34)18-15-22(29)33-23(16-18)35(31)20-12-10-19(28)11-13-20/h10-13,15-17,21,24,32H,3-9,14,31H2,1-2H3,(H2,29,33)(H2,30,37)/t21-,24+,27?/m0/s1. The number of carbonyl (C=O) groups excluding carboxylic acids is 2. The molecule has 9 nitrogen and oxygen atoms in total. The number of hydrogen-bond donors (Lipinski definition) is 4. The molecule has 1 aromatic carbocycles. The van der Waals surface area contributed by atoms with E-state index in [1.54, 1.807) is 32.2 Å². The van der Waals surface area contributed by atoms with Crippen molar-refractivity contribution in [3.8, 4) is 0 Å². The second-order valence-corrected chi connectivity index (χ2v) is 10.4. The van der Waals surface area contributed by atoms with Gasteiger partial charge in [0, 0.05) is 6.54 Å². The van der Waals surface area contributed by atoms with Crippen LogP contribution in [0.5, 0.6) is 0 Å². The normalized spacial score (nSPS) is 20.9. The molecule has 3 atom stereocenters. The highest BCUT2D eigenvalue weighted by Crippen LogP contribution is 2.41. The molecule has 2 amide bonds. The number of hydrazine groups is 1. The summed E-state index contributed by atoms with van der Waals surface area (Å²) in [5.41, 5.74) is 12.2. The zero-order chi connectivity index (χ0) is 26.7. The molecule has 10 heteroatoms. The predicted molar refractivity (Wildman–Crippen MR) is 142 cm³/mol. The number of halogens is 1. The smallest absolute Gasteiger partial charge is 0.238 e. The number of anilines is 3. The molecule has 1 saturated heterocycles. The van der Waals surface area contributed by atoms with Crippen molar-refractivity contribution >= 4 is 29.1 Å². The van der Waals surface area contributed by atoms with Gasteiger partial charge in [0.1, 0.15) is 23.0 Å². The minimum absolute atomic E-state index is 0.0647. The Morgan fingerprint density at radius 1 is 1.14 bits per heavy atom. The Kier molecular flexibility index (Phi) is 7.99. The molecule has 0 bridgehead atoms. The molecule has 1 aromatic heterocycles. The Bertz CT molecular complexity index is 1120. The predicted octanol–water partition coefficient (Wildman–Crippen LogP) is 3.14. The van der Waals surface area contributed by atoms with E-state index in [9.17, 15) is 14.0 Å². The van der Waals surface area contributed by atoms with Crippen LogP contribution in [0.1, 0.15) is 63.5 Å². The lowest BCUT2D eigenvalue weighted by Crippen LogP contribution is -2.63. The molecule has 2 fully saturated rings. The van der Waals surface area contributed by atoms with Crippen LogP contribution >= 0.6 is 0 Å². The molecule has 0 radical (unpaired) electrons. The number of rotatable bonds is 8. The van der Waals surface area contributed by atoms with Gasteiger partial charge in [0.2, 0.25) is 11.8 Å². The van der Waals surface area contributed by atoms with Crippen LogP contribution in [0.2, 0.25) is 0 Å². The number of benzene rings is 1. The summed E-state index contributed by atoms with van der Waals surface area (Å²) in [5, 5.41) is 4.43. The summed E-state index contributed by atoms with van der Waals surface area (Å²) in [6.45, 7) is 2.32. The highest BCUT2D eigenvalue weighted by molar-refractivity contribution is 5.93. The van der Waals surface area contributed by atoms with E-state index in [1.807, 2.05) is 11.0 Å². The van der Waals surface area contributed by atoms with Gasteiger partial charge in [-0.15, -0.1) is 0 Å². The number of nitrogens with zero attached hydrogens (tertiary/aromatic N) is 3. The van der Waals surface area contributed by atoms with Gasteiger partial charge >= 0.3 is 0 Å². The molecule has 2 aromatic rings. The molecular formula is C27H38FN7O2. The lowest BCUT2D eigenvalue weighted by atomic mass is 9.69. The first-order valence-corrected chi connectivity index (χ1v) is 13.0. The minimum atomic E-state index is -1.16. The number of pyridine rings is 1. The van der Waals surface area contributed by atoms with Crippen LogP contribution in [0.3, 0.4) is 0 Å². The minimum Gasteiger partial charge on any atom is -0.384 e. The second kappa shape index (κ2) is 11.0. The number of carbonyl (C=O) groups is 2. The first-order valence-electron chi connectivity index (χ1n) is 13.0. The van der Waals surface area contributed by atoms with E-state index >= 15 is 0 Å².